The van der Waals surface area contributed by atoms with Crippen LogP contribution in [0.15, 0.2) is 6.20 Å². The van der Waals surface area contributed by atoms with Gasteiger partial charge in [0.2, 0.25) is 0 Å². The largest absolute Gasteiger partial charge is 0.427 e. The van der Waals surface area contributed by atoms with Gasteiger partial charge in [0, 0.05) is 13.2 Å². The van der Waals surface area contributed by atoms with E-state index in [1.807, 2.05) is 0 Å². The van der Waals surface area contributed by atoms with Crippen molar-refractivity contribution in [2.75, 3.05) is 18.5 Å². The van der Waals surface area contributed by atoms with E-state index in [-0.39, 0.29) is 0 Å². The first-order valence-corrected chi connectivity index (χ1v) is 7.76. The molecule has 0 aliphatic heterocycles. The summed E-state index contributed by atoms with van der Waals surface area (Å²) < 4.78 is 42.9. The molecule has 1 aliphatic carbocycles. The number of thiazole rings is 1. The van der Waals surface area contributed by atoms with Gasteiger partial charge < -0.3 is 10.1 Å². The third kappa shape index (κ3) is 4.94. The van der Waals surface area contributed by atoms with Crippen LogP contribution in [0.2, 0.25) is 0 Å². The molecule has 2 rings (SSSR count). The third-order valence-corrected chi connectivity index (χ3v) is 4.29. The minimum absolute atomic E-state index is 0.315. The molecule has 0 amide bonds. The quantitative estimate of drug-likeness (QED) is 0.795. The van der Waals surface area contributed by atoms with E-state index in [1.165, 1.54) is 19.3 Å². The minimum Gasteiger partial charge on any atom is -0.378 e. The molecule has 0 unspecified atom stereocenters. The van der Waals surface area contributed by atoms with Crippen molar-refractivity contribution in [2.45, 2.75) is 50.8 Å². The number of nitrogens with zero attached hydrogens (tertiary/aromatic N) is 1. The number of anilines is 1. The van der Waals surface area contributed by atoms with Gasteiger partial charge in [-0.1, -0.05) is 30.6 Å². The fourth-order valence-corrected chi connectivity index (χ4v) is 2.95. The maximum Gasteiger partial charge on any atom is 0.427 e. The molecule has 1 aromatic heterocycles. The lowest BCUT2D eigenvalue weighted by Gasteiger charge is -2.21. The summed E-state index contributed by atoms with van der Waals surface area (Å²) in [5, 5.41) is 3.22. The lowest BCUT2D eigenvalue weighted by atomic mass is 9.98. The van der Waals surface area contributed by atoms with Gasteiger partial charge in [-0.05, 0) is 19.3 Å². The van der Waals surface area contributed by atoms with E-state index in [1.54, 1.807) is 0 Å². The van der Waals surface area contributed by atoms with Gasteiger partial charge in [-0.25, -0.2) is 4.98 Å². The molecule has 0 bridgehead atoms. The van der Waals surface area contributed by atoms with E-state index in [4.69, 9.17) is 4.74 Å². The molecule has 1 fully saturated rings. The molecule has 3 nitrogen and oxygen atoms in total. The van der Waals surface area contributed by atoms with Crippen LogP contribution >= 0.6 is 11.3 Å². The van der Waals surface area contributed by atoms with Gasteiger partial charge in [-0.2, -0.15) is 13.2 Å². The van der Waals surface area contributed by atoms with Gasteiger partial charge in [0.05, 0.1) is 12.3 Å². The normalized spacial score (nSPS) is 17.4. The minimum atomic E-state index is -4.30. The van der Waals surface area contributed by atoms with Crippen LogP contribution in [0.3, 0.4) is 0 Å². The third-order valence-electron chi connectivity index (χ3n) is 3.29. The van der Waals surface area contributed by atoms with Gasteiger partial charge in [0.1, 0.15) is 4.88 Å². The molecule has 1 aliphatic rings. The summed E-state index contributed by atoms with van der Waals surface area (Å²) in [4.78, 5) is 3.05. The number of hydrogen-bond donors (Lipinski definition) is 1. The van der Waals surface area contributed by atoms with E-state index in [0.717, 1.165) is 25.5 Å². The fourth-order valence-electron chi connectivity index (χ4n) is 2.24. The first-order chi connectivity index (χ1) is 9.55. The van der Waals surface area contributed by atoms with Gasteiger partial charge in [0.25, 0.3) is 0 Å². The molecule has 1 saturated carbocycles. The number of alkyl halides is 3. The van der Waals surface area contributed by atoms with E-state index in [0.29, 0.717) is 35.7 Å². The Balaban J connectivity index is 1.60. The highest BCUT2D eigenvalue weighted by atomic mass is 32.1. The molecular weight excluding hydrogens is 289 g/mol. The molecule has 114 valence electrons. The first-order valence-electron chi connectivity index (χ1n) is 6.94. The second-order valence-electron chi connectivity index (χ2n) is 4.94. The molecule has 0 radical (unpaired) electrons. The van der Waals surface area contributed by atoms with Crippen LogP contribution in [0.5, 0.6) is 0 Å². The molecule has 0 saturated heterocycles. The summed E-state index contributed by atoms with van der Waals surface area (Å²) >= 11 is 0.638. The highest BCUT2D eigenvalue weighted by Crippen LogP contribution is 2.34. The number of rotatable bonds is 6. The molecule has 1 N–H and O–H groups in total. The Morgan fingerprint density at radius 3 is 2.70 bits per heavy atom. The number of nitrogens with one attached hydrogen (secondary N) is 1. The average Bonchev–Trinajstić information content (AvgIpc) is 2.88. The Hall–Kier alpha value is -0.820. The summed E-state index contributed by atoms with van der Waals surface area (Å²) in [5.41, 5.74) is 0. The van der Waals surface area contributed by atoms with Gasteiger partial charge in [0.15, 0.2) is 5.13 Å². The number of ether oxygens (including phenoxy) is 1. The summed E-state index contributed by atoms with van der Waals surface area (Å²) in [6.45, 7) is 1.23. The Morgan fingerprint density at radius 1 is 1.30 bits per heavy atom. The van der Waals surface area contributed by atoms with Crippen molar-refractivity contribution >= 4 is 16.5 Å². The molecule has 1 heterocycles. The van der Waals surface area contributed by atoms with E-state index < -0.39 is 11.1 Å². The van der Waals surface area contributed by atoms with Crippen molar-refractivity contribution in [3.8, 4) is 0 Å². The molecule has 0 aromatic carbocycles. The van der Waals surface area contributed by atoms with E-state index in [9.17, 15) is 13.2 Å². The van der Waals surface area contributed by atoms with Crippen molar-refractivity contribution in [1.29, 1.82) is 0 Å². The number of aromatic nitrogens is 1. The topological polar surface area (TPSA) is 34.2 Å². The van der Waals surface area contributed by atoms with Crippen LogP contribution in [0.1, 0.15) is 43.4 Å². The van der Waals surface area contributed by atoms with Crippen LogP contribution in [-0.4, -0.2) is 24.2 Å². The molecule has 1 aromatic rings. The van der Waals surface area contributed by atoms with Crippen molar-refractivity contribution in [3.05, 3.63) is 11.1 Å². The average molecular weight is 308 g/mol. The van der Waals surface area contributed by atoms with Crippen LogP contribution < -0.4 is 5.32 Å². The Labute approximate surface area is 120 Å². The number of halogens is 3. The second kappa shape index (κ2) is 7.26. The van der Waals surface area contributed by atoms with Crippen molar-refractivity contribution < 1.29 is 17.9 Å². The zero-order valence-electron chi connectivity index (χ0n) is 11.2. The zero-order valence-corrected chi connectivity index (χ0v) is 12.0. The predicted molar refractivity (Wildman–Crippen MR) is 73.0 cm³/mol. The SMILES string of the molecule is FC(F)(F)c1cnc(NCCCOC2CCCCC2)s1. The first kappa shape index (κ1) is 15.6. The molecular formula is C13H19F3N2OS. The van der Waals surface area contributed by atoms with E-state index in [2.05, 4.69) is 10.3 Å². The van der Waals surface area contributed by atoms with Crippen LogP contribution in [0.4, 0.5) is 18.3 Å². The summed E-state index contributed by atoms with van der Waals surface area (Å²) in [5.74, 6) is 0. The van der Waals surface area contributed by atoms with Crippen LogP contribution in [0, 0.1) is 0 Å². The summed E-state index contributed by atoms with van der Waals surface area (Å²) in [6, 6.07) is 0. The lowest BCUT2D eigenvalue weighted by molar-refractivity contribution is -0.134. The fraction of sp³-hybridized carbons (Fsp3) is 0.769. The Bertz CT molecular complexity index is 403. The predicted octanol–water partition coefficient (Wildman–Crippen LogP) is 4.31. The number of hydrogen-bond acceptors (Lipinski definition) is 4. The molecule has 7 heteroatoms. The van der Waals surface area contributed by atoms with E-state index >= 15 is 0 Å². The molecule has 0 atom stereocenters. The Kier molecular flexibility index (Phi) is 5.65. The second-order valence-corrected chi connectivity index (χ2v) is 5.97. The smallest absolute Gasteiger partial charge is 0.378 e. The Morgan fingerprint density at radius 2 is 2.05 bits per heavy atom. The molecule has 0 spiro atoms. The maximum absolute atomic E-state index is 12.4. The summed E-state index contributed by atoms with van der Waals surface area (Å²) in [6.07, 6.45) is 3.76. The van der Waals surface area contributed by atoms with Gasteiger partial charge in [-0.15, -0.1) is 0 Å². The van der Waals surface area contributed by atoms with Crippen molar-refractivity contribution in [1.82, 2.24) is 4.98 Å². The standard InChI is InChI=1S/C13H19F3N2OS/c14-13(15,16)11-9-18-12(20-11)17-7-4-8-19-10-5-2-1-3-6-10/h9-10H,1-8H2,(H,17,18). The van der Waals surface area contributed by atoms with Crippen molar-refractivity contribution in [2.24, 2.45) is 0 Å². The van der Waals surface area contributed by atoms with Crippen molar-refractivity contribution in [3.63, 3.8) is 0 Å². The molecule has 20 heavy (non-hydrogen) atoms. The maximum atomic E-state index is 12.4. The highest BCUT2D eigenvalue weighted by molar-refractivity contribution is 7.15. The van der Waals surface area contributed by atoms with Crippen LogP contribution in [0.25, 0.3) is 0 Å². The van der Waals surface area contributed by atoms with Gasteiger partial charge in [-0.3, -0.25) is 0 Å². The monoisotopic (exact) mass is 308 g/mol. The van der Waals surface area contributed by atoms with Crippen LogP contribution in [-0.2, 0) is 10.9 Å². The van der Waals surface area contributed by atoms with Gasteiger partial charge >= 0.3 is 6.18 Å². The zero-order chi connectivity index (χ0) is 14.4. The summed E-state index contributed by atoms with van der Waals surface area (Å²) in [7, 11) is 0. The lowest BCUT2D eigenvalue weighted by Crippen LogP contribution is -2.18. The highest BCUT2D eigenvalue weighted by Gasteiger charge is 2.33.